The minimum atomic E-state index is -0.305. The number of nitrogens with one attached hydrogen (secondary N) is 1. The first-order valence-corrected chi connectivity index (χ1v) is 7.82. The van der Waals surface area contributed by atoms with Crippen molar-refractivity contribution in [3.8, 4) is 0 Å². The monoisotopic (exact) mass is 275 g/mol. The molecule has 4 aliphatic carbocycles. The largest absolute Gasteiger partial charge is 0.371 e. The molecule has 1 aromatic rings. The Morgan fingerprint density at radius 1 is 1.05 bits per heavy atom. The zero-order valence-corrected chi connectivity index (χ0v) is 12.2. The minimum Gasteiger partial charge on any atom is -0.371 e. The molecule has 0 aliphatic heterocycles. The molecule has 4 heteroatoms. The lowest BCUT2D eigenvalue weighted by atomic mass is 9.49. The van der Waals surface area contributed by atoms with Gasteiger partial charge in [0, 0.05) is 12.5 Å². The van der Waals surface area contributed by atoms with Gasteiger partial charge in [0.2, 0.25) is 0 Å². The number of rotatable bonds is 2. The fraction of sp³-hybridized carbons (Fsp3) is 0.750. The van der Waals surface area contributed by atoms with Crippen LogP contribution < -0.4 is 5.32 Å². The van der Waals surface area contributed by atoms with Gasteiger partial charge in [0.1, 0.15) is 5.82 Å². The summed E-state index contributed by atoms with van der Waals surface area (Å²) in [6, 6.07) is 0. The maximum atomic E-state index is 14.0. The van der Waals surface area contributed by atoms with E-state index in [9.17, 15) is 4.39 Å². The van der Waals surface area contributed by atoms with Crippen molar-refractivity contribution < 1.29 is 4.39 Å². The Morgan fingerprint density at radius 2 is 1.60 bits per heavy atom. The van der Waals surface area contributed by atoms with Crippen LogP contribution in [-0.4, -0.2) is 17.0 Å². The van der Waals surface area contributed by atoms with Gasteiger partial charge in [-0.1, -0.05) is 0 Å². The molecule has 1 heterocycles. The van der Waals surface area contributed by atoms with Crippen molar-refractivity contribution in [2.75, 3.05) is 12.4 Å². The molecule has 20 heavy (non-hydrogen) atoms. The van der Waals surface area contributed by atoms with Gasteiger partial charge in [0.15, 0.2) is 11.6 Å². The van der Waals surface area contributed by atoms with Crippen LogP contribution in [0, 0.1) is 30.5 Å². The highest BCUT2D eigenvalue weighted by molar-refractivity contribution is 5.38. The molecule has 4 bridgehead atoms. The van der Waals surface area contributed by atoms with E-state index in [0.717, 1.165) is 23.6 Å². The summed E-state index contributed by atoms with van der Waals surface area (Å²) >= 11 is 0. The lowest BCUT2D eigenvalue weighted by Crippen LogP contribution is -2.49. The summed E-state index contributed by atoms with van der Waals surface area (Å²) in [6.07, 6.45) is 7.85. The zero-order chi connectivity index (χ0) is 13.9. The van der Waals surface area contributed by atoms with E-state index < -0.39 is 0 Å². The second-order valence-corrected chi connectivity index (χ2v) is 7.24. The van der Waals surface area contributed by atoms with Gasteiger partial charge in [-0.25, -0.2) is 14.4 Å². The second-order valence-electron chi connectivity index (χ2n) is 7.24. The van der Waals surface area contributed by atoms with Crippen molar-refractivity contribution in [1.29, 1.82) is 0 Å². The Balaban J connectivity index is 1.79. The minimum absolute atomic E-state index is 0.138. The quantitative estimate of drug-likeness (QED) is 0.898. The van der Waals surface area contributed by atoms with Gasteiger partial charge < -0.3 is 5.32 Å². The number of hydrogen-bond acceptors (Lipinski definition) is 3. The topological polar surface area (TPSA) is 37.8 Å². The molecule has 3 nitrogen and oxygen atoms in total. The third-order valence-electron chi connectivity index (χ3n) is 5.77. The molecular weight excluding hydrogens is 253 g/mol. The van der Waals surface area contributed by atoms with Gasteiger partial charge in [0.25, 0.3) is 0 Å². The number of aromatic nitrogens is 2. The molecule has 0 amide bonds. The molecule has 5 rings (SSSR count). The first-order valence-electron chi connectivity index (χ1n) is 7.82. The number of hydrogen-bond donors (Lipinski definition) is 1. The van der Waals surface area contributed by atoms with Gasteiger partial charge in [0.05, 0.1) is 5.69 Å². The first-order chi connectivity index (χ1) is 9.59. The van der Waals surface area contributed by atoms with Gasteiger partial charge in [-0.2, -0.15) is 0 Å². The molecule has 1 aromatic heterocycles. The molecule has 0 atom stereocenters. The van der Waals surface area contributed by atoms with Gasteiger partial charge >= 0.3 is 0 Å². The molecule has 0 aromatic carbocycles. The second kappa shape index (κ2) is 4.15. The van der Waals surface area contributed by atoms with E-state index in [1.807, 2.05) is 0 Å². The van der Waals surface area contributed by atoms with E-state index in [1.54, 1.807) is 14.0 Å². The van der Waals surface area contributed by atoms with E-state index in [0.29, 0.717) is 11.5 Å². The van der Waals surface area contributed by atoms with E-state index in [1.165, 1.54) is 38.5 Å². The predicted molar refractivity (Wildman–Crippen MR) is 76.1 cm³/mol. The summed E-state index contributed by atoms with van der Waals surface area (Å²) in [6.45, 7) is 1.75. The third-order valence-corrected chi connectivity index (χ3v) is 5.77. The zero-order valence-electron chi connectivity index (χ0n) is 12.2. The molecule has 4 saturated carbocycles. The highest BCUT2D eigenvalue weighted by Gasteiger charge is 2.53. The third kappa shape index (κ3) is 1.69. The van der Waals surface area contributed by atoms with Crippen LogP contribution in [0.5, 0.6) is 0 Å². The Morgan fingerprint density at radius 3 is 2.10 bits per heavy atom. The number of halogens is 1. The SMILES string of the molecule is CNc1nc(C23CC4CC(CC(C4)C2)C3)nc(C)c1F. The molecule has 0 unspecified atom stereocenters. The van der Waals surface area contributed by atoms with Crippen LogP contribution in [-0.2, 0) is 5.41 Å². The van der Waals surface area contributed by atoms with Crippen molar-refractivity contribution >= 4 is 5.82 Å². The Kier molecular flexibility index (Phi) is 2.60. The maximum absolute atomic E-state index is 14.0. The van der Waals surface area contributed by atoms with Gasteiger partial charge in [-0.3, -0.25) is 0 Å². The van der Waals surface area contributed by atoms with Crippen LogP contribution >= 0.6 is 0 Å². The summed E-state index contributed by atoms with van der Waals surface area (Å²) in [5.74, 6) is 3.53. The number of anilines is 1. The number of aryl methyl sites for hydroxylation is 1. The van der Waals surface area contributed by atoms with Crippen LogP contribution in [0.3, 0.4) is 0 Å². The first kappa shape index (κ1) is 12.5. The molecular formula is C16H22FN3. The van der Waals surface area contributed by atoms with Crippen molar-refractivity contribution in [2.45, 2.75) is 50.9 Å². The lowest BCUT2D eigenvalue weighted by Gasteiger charge is -2.56. The van der Waals surface area contributed by atoms with Crippen LogP contribution in [0.2, 0.25) is 0 Å². The van der Waals surface area contributed by atoms with Crippen LogP contribution in [0.1, 0.15) is 50.0 Å². The smallest absolute Gasteiger partial charge is 0.186 e. The summed E-state index contributed by atoms with van der Waals surface area (Å²) in [5, 5.41) is 2.88. The van der Waals surface area contributed by atoms with Crippen molar-refractivity contribution in [2.24, 2.45) is 17.8 Å². The van der Waals surface area contributed by atoms with Crippen LogP contribution in [0.15, 0.2) is 0 Å². The standard InChI is InChI=1S/C16H22FN3/c1-9-13(17)14(18-2)20-15(19-9)16-6-10-3-11(7-16)5-12(4-10)8-16/h10-12H,3-8H2,1-2H3,(H,18,19,20). The summed E-state index contributed by atoms with van der Waals surface area (Å²) in [5.41, 5.74) is 0.619. The maximum Gasteiger partial charge on any atom is 0.186 e. The molecule has 1 N–H and O–H groups in total. The van der Waals surface area contributed by atoms with Gasteiger partial charge in [-0.05, 0) is 63.2 Å². The average Bonchev–Trinajstić information content (AvgIpc) is 2.40. The van der Waals surface area contributed by atoms with Crippen LogP contribution in [0.25, 0.3) is 0 Å². The summed E-state index contributed by atoms with van der Waals surface area (Å²) < 4.78 is 14.0. The average molecular weight is 275 g/mol. The predicted octanol–water partition coefficient (Wildman–Crippen LogP) is 3.43. The number of nitrogens with zero attached hydrogens (tertiary/aromatic N) is 2. The summed E-state index contributed by atoms with van der Waals surface area (Å²) in [7, 11) is 1.73. The van der Waals surface area contributed by atoms with Gasteiger partial charge in [-0.15, -0.1) is 0 Å². The van der Waals surface area contributed by atoms with Crippen molar-refractivity contribution in [1.82, 2.24) is 9.97 Å². The lowest BCUT2D eigenvalue weighted by molar-refractivity contribution is -0.00948. The molecule has 0 saturated heterocycles. The van der Waals surface area contributed by atoms with E-state index in [-0.39, 0.29) is 11.2 Å². The Bertz CT molecular complexity index is 520. The molecule has 4 aliphatic rings. The molecule has 0 radical (unpaired) electrons. The van der Waals surface area contributed by atoms with E-state index in [4.69, 9.17) is 0 Å². The fourth-order valence-electron chi connectivity index (χ4n) is 5.35. The Hall–Kier alpha value is -1.19. The normalized spacial score (nSPS) is 38.2. The highest BCUT2D eigenvalue weighted by atomic mass is 19.1. The molecule has 4 fully saturated rings. The highest BCUT2D eigenvalue weighted by Crippen LogP contribution is 2.60. The molecule has 0 spiro atoms. The molecule has 108 valence electrons. The van der Waals surface area contributed by atoms with E-state index in [2.05, 4.69) is 15.3 Å². The van der Waals surface area contributed by atoms with Crippen molar-refractivity contribution in [3.05, 3.63) is 17.3 Å². The van der Waals surface area contributed by atoms with Crippen LogP contribution in [0.4, 0.5) is 10.2 Å². The Labute approximate surface area is 119 Å². The van der Waals surface area contributed by atoms with Crippen molar-refractivity contribution in [3.63, 3.8) is 0 Å². The van der Waals surface area contributed by atoms with E-state index >= 15 is 0 Å². The summed E-state index contributed by atoms with van der Waals surface area (Å²) in [4.78, 5) is 9.09. The fourth-order valence-corrected chi connectivity index (χ4v) is 5.35.